The Labute approximate surface area is 229 Å². The van der Waals surface area contributed by atoms with E-state index in [0.717, 1.165) is 82.0 Å². The Balaban J connectivity index is 1.94. The van der Waals surface area contributed by atoms with Gasteiger partial charge in [-0.05, 0) is 82.9 Å². The number of fused-ring (bicyclic) bond motifs is 7. The third-order valence-electron chi connectivity index (χ3n) is 6.84. The van der Waals surface area contributed by atoms with Gasteiger partial charge in [0.05, 0.1) is 0 Å². The molecule has 0 radical (unpaired) electrons. The summed E-state index contributed by atoms with van der Waals surface area (Å²) in [4.78, 5) is 0. The number of unbranched alkanes of at least 4 members (excludes halogenated alkanes) is 4. The first-order valence-electron chi connectivity index (χ1n) is 13.7. The van der Waals surface area contributed by atoms with Crippen LogP contribution in [0.2, 0.25) is 0 Å². The van der Waals surface area contributed by atoms with Gasteiger partial charge in [0.2, 0.25) is 0 Å². The number of benzene rings is 4. The van der Waals surface area contributed by atoms with Crippen molar-refractivity contribution in [2.45, 2.75) is 52.4 Å². The minimum atomic E-state index is 0.105. The van der Waals surface area contributed by atoms with Crippen molar-refractivity contribution in [2.24, 2.45) is 0 Å². The predicted octanol–water partition coefficient (Wildman–Crippen LogP) is 9.51. The van der Waals surface area contributed by atoms with E-state index < -0.39 is 0 Å². The fourth-order valence-electron chi connectivity index (χ4n) is 4.77. The minimum Gasteiger partial charge on any atom is -0.508 e. The van der Waals surface area contributed by atoms with Crippen LogP contribution in [0, 0.1) is 23.7 Å². The summed E-state index contributed by atoms with van der Waals surface area (Å²) in [7, 11) is 0. The maximum atomic E-state index is 10.4. The summed E-state index contributed by atoms with van der Waals surface area (Å²) in [6, 6.07) is 22.9. The molecule has 39 heavy (non-hydrogen) atoms. The van der Waals surface area contributed by atoms with Crippen molar-refractivity contribution in [2.75, 3.05) is 0 Å². The molecule has 1 aromatic heterocycles. The molecule has 0 atom stereocenters. The summed E-state index contributed by atoms with van der Waals surface area (Å²) < 4.78 is 6.45. The molecule has 0 saturated heterocycles. The van der Waals surface area contributed by atoms with Gasteiger partial charge in [0.1, 0.15) is 22.7 Å². The van der Waals surface area contributed by atoms with E-state index in [1.165, 1.54) is 0 Å². The lowest BCUT2D eigenvalue weighted by atomic mass is 9.98. The third kappa shape index (κ3) is 5.79. The molecule has 0 aliphatic heterocycles. The van der Waals surface area contributed by atoms with E-state index in [2.05, 4.69) is 73.9 Å². The molecule has 194 valence electrons. The van der Waals surface area contributed by atoms with E-state index in [1.807, 2.05) is 12.1 Å². The molecule has 5 aromatic rings. The summed E-state index contributed by atoms with van der Waals surface area (Å²) in [6.45, 7) is 4.33. The fourth-order valence-corrected chi connectivity index (χ4v) is 4.77. The minimum absolute atomic E-state index is 0.105. The monoisotopic (exact) mass is 512 g/mol. The zero-order chi connectivity index (χ0) is 27.2. The van der Waals surface area contributed by atoms with Gasteiger partial charge in [-0.2, -0.15) is 0 Å². The quantitative estimate of drug-likeness (QED) is 0.186. The van der Waals surface area contributed by atoms with E-state index >= 15 is 0 Å². The molecule has 3 heteroatoms. The van der Waals surface area contributed by atoms with Crippen molar-refractivity contribution in [3.8, 4) is 35.2 Å². The molecule has 3 nitrogen and oxygen atoms in total. The molecule has 0 spiro atoms. The Morgan fingerprint density at radius 2 is 0.974 bits per heavy atom. The lowest BCUT2D eigenvalue weighted by Crippen LogP contribution is -1.82. The van der Waals surface area contributed by atoms with Gasteiger partial charge in [0.15, 0.2) is 0 Å². The first-order chi connectivity index (χ1) is 19.1. The number of phenolic OH excluding ortho intramolecular Hbond substituents is 2. The molecular formula is C36H32O3. The largest absolute Gasteiger partial charge is 0.508 e. The number of hydrogen-bond acceptors (Lipinski definition) is 3. The molecule has 2 N–H and O–H groups in total. The van der Waals surface area contributed by atoms with E-state index in [1.54, 1.807) is 24.3 Å². The number of aromatic hydroxyl groups is 2. The van der Waals surface area contributed by atoms with Crippen LogP contribution in [0.4, 0.5) is 0 Å². The number of hydrogen-bond donors (Lipinski definition) is 2. The lowest BCUT2D eigenvalue weighted by Gasteiger charge is -2.05. The standard InChI is InChI=1S/C36H32O3/c1-3-5-7-9-11-25-13-17-29-30-18-14-26(12-10-8-6-4-2)22-34(30)32-20-16-28(38)24-36(32)39-35-23-27(37)15-19-31(35)33(29)21-25/h13-24,37-38H,3-8H2,1-2H3. The van der Waals surface area contributed by atoms with Crippen molar-refractivity contribution in [1.29, 1.82) is 0 Å². The second-order valence-electron chi connectivity index (χ2n) is 9.79. The van der Waals surface area contributed by atoms with Gasteiger partial charge < -0.3 is 14.6 Å². The molecule has 0 aliphatic carbocycles. The number of rotatable bonds is 4. The van der Waals surface area contributed by atoms with Gasteiger partial charge >= 0.3 is 0 Å². The molecule has 1 heterocycles. The van der Waals surface area contributed by atoms with Gasteiger partial charge in [0.25, 0.3) is 0 Å². The second kappa shape index (κ2) is 11.8. The highest BCUT2D eigenvalue weighted by Gasteiger charge is 2.10. The van der Waals surface area contributed by atoms with E-state index in [-0.39, 0.29) is 11.5 Å². The van der Waals surface area contributed by atoms with Gasteiger partial charge in [-0.1, -0.05) is 62.5 Å². The van der Waals surface area contributed by atoms with Crippen LogP contribution in [0.15, 0.2) is 77.2 Å². The Hall–Kier alpha value is -4.60. The van der Waals surface area contributed by atoms with Crippen LogP contribution in [0.25, 0.3) is 43.5 Å². The van der Waals surface area contributed by atoms with Gasteiger partial charge in [-0.15, -0.1) is 0 Å². The van der Waals surface area contributed by atoms with Crippen LogP contribution >= 0.6 is 0 Å². The second-order valence-corrected chi connectivity index (χ2v) is 9.79. The van der Waals surface area contributed by atoms with Gasteiger partial charge in [-0.3, -0.25) is 0 Å². The molecule has 0 bridgehead atoms. The highest BCUT2D eigenvalue weighted by molar-refractivity contribution is 6.18. The molecular weight excluding hydrogens is 480 g/mol. The summed E-state index contributed by atoms with van der Waals surface area (Å²) in [5.74, 6) is 13.4. The fraction of sp³-hybridized carbons (Fsp3) is 0.222. The summed E-state index contributed by atoms with van der Waals surface area (Å²) in [5, 5.41) is 26.4. The maximum Gasteiger partial charge on any atom is 0.138 e. The average molecular weight is 513 g/mol. The number of phenols is 2. The van der Waals surface area contributed by atoms with Crippen LogP contribution < -0.4 is 0 Å². The first-order valence-corrected chi connectivity index (χ1v) is 13.7. The summed E-state index contributed by atoms with van der Waals surface area (Å²) in [5.41, 5.74) is 2.87. The maximum absolute atomic E-state index is 10.4. The van der Waals surface area contributed by atoms with Crippen LogP contribution in [0.3, 0.4) is 0 Å². The zero-order valence-corrected chi connectivity index (χ0v) is 22.5. The SMILES string of the molecule is CCCCC#Cc1ccc2c(c1)c1ccc(O)cc1oc1cc(O)ccc1c1cc(C#CCCCC)ccc12. The Kier molecular flexibility index (Phi) is 7.91. The zero-order valence-electron chi connectivity index (χ0n) is 22.5. The first kappa shape index (κ1) is 26.0. The molecule has 0 aliphatic rings. The average Bonchev–Trinajstić information content (AvgIpc) is 2.97. The Morgan fingerprint density at radius 1 is 0.538 bits per heavy atom. The Bertz CT molecular complexity index is 1730. The molecule has 5 rings (SSSR count). The van der Waals surface area contributed by atoms with Crippen LogP contribution in [0.1, 0.15) is 63.5 Å². The lowest BCUT2D eigenvalue weighted by molar-refractivity contribution is 0.474. The van der Waals surface area contributed by atoms with Crippen LogP contribution in [-0.2, 0) is 0 Å². The third-order valence-corrected chi connectivity index (χ3v) is 6.84. The predicted molar refractivity (Wildman–Crippen MR) is 162 cm³/mol. The van der Waals surface area contributed by atoms with Crippen molar-refractivity contribution >= 4 is 43.5 Å². The van der Waals surface area contributed by atoms with E-state index in [9.17, 15) is 10.2 Å². The highest BCUT2D eigenvalue weighted by Crippen LogP contribution is 2.35. The van der Waals surface area contributed by atoms with Crippen LogP contribution in [-0.4, -0.2) is 10.2 Å². The topological polar surface area (TPSA) is 53.6 Å². The molecule has 0 fully saturated rings. The highest BCUT2D eigenvalue weighted by atomic mass is 16.3. The van der Waals surface area contributed by atoms with Gasteiger partial charge in [-0.25, -0.2) is 0 Å². The van der Waals surface area contributed by atoms with E-state index in [4.69, 9.17) is 4.42 Å². The van der Waals surface area contributed by atoms with Gasteiger partial charge in [0, 0.05) is 46.9 Å². The van der Waals surface area contributed by atoms with E-state index in [0.29, 0.717) is 11.2 Å². The summed E-state index contributed by atoms with van der Waals surface area (Å²) >= 11 is 0. The van der Waals surface area contributed by atoms with Crippen molar-refractivity contribution in [3.05, 3.63) is 83.9 Å². The molecule has 0 amide bonds. The van der Waals surface area contributed by atoms with Crippen molar-refractivity contribution in [3.63, 3.8) is 0 Å². The normalized spacial score (nSPS) is 10.7. The molecule has 4 aromatic carbocycles. The van der Waals surface area contributed by atoms with Crippen molar-refractivity contribution in [1.82, 2.24) is 0 Å². The van der Waals surface area contributed by atoms with Crippen molar-refractivity contribution < 1.29 is 14.6 Å². The van der Waals surface area contributed by atoms with Crippen LogP contribution in [0.5, 0.6) is 11.5 Å². The summed E-state index contributed by atoms with van der Waals surface area (Å²) in [6.07, 6.45) is 6.12. The molecule has 0 unspecified atom stereocenters. The Morgan fingerprint density at radius 3 is 1.41 bits per heavy atom. The smallest absolute Gasteiger partial charge is 0.138 e. The molecule has 0 saturated carbocycles.